The van der Waals surface area contributed by atoms with Crippen molar-refractivity contribution in [1.82, 2.24) is 15.6 Å². The summed E-state index contributed by atoms with van der Waals surface area (Å²) in [5.74, 6) is 3.16. The quantitative estimate of drug-likeness (QED) is 0.521. The summed E-state index contributed by atoms with van der Waals surface area (Å²) in [6.45, 7) is 7.81. The molecule has 0 atom stereocenters. The van der Waals surface area contributed by atoms with Crippen molar-refractivity contribution in [2.75, 3.05) is 6.54 Å². The molecule has 0 radical (unpaired) electrons. The van der Waals surface area contributed by atoms with E-state index in [1.807, 2.05) is 57.2 Å². The Morgan fingerprint density at radius 2 is 1.96 bits per heavy atom. The lowest BCUT2D eigenvalue weighted by atomic mass is 10.2. The number of furan rings is 1. The van der Waals surface area contributed by atoms with Gasteiger partial charge in [-0.3, -0.25) is 0 Å². The molecule has 0 aliphatic heterocycles. The van der Waals surface area contributed by atoms with Crippen molar-refractivity contribution in [2.24, 2.45) is 4.99 Å². The lowest BCUT2D eigenvalue weighted by Crippen LogP contribution is -2.36. The molecule has 136 valence electrons. The molecule has 1 aromatic carbocycles. The lowest BCUT2D eigenvalue weighted by molar-refractivity contribution is 0.501. The van der Waals surface area contributed by atoms with Crippen molar-refractivity contribution in [2.45, 2.75) is 33.9 Å². The van der Waals surface area contributed by atoms with E-state index in [9.17, 15) is 0 Å². The maximum absolute atomic E-state index is 5.57. The smallest absolute Gasteiger partial charge is 0.226 e. The van der Waals surface area contributed by atoms with Crippen molar-refractivity contribution in [1.29, 1.82) is 0 Å². The number of aryl methyl sites for hydroxylation is 2. The molecule has 0 spiro atoms. The number of hydrogen-bond acceptors (Lipinski definition) is 4. The summed E-state index contributed by atoms with van der Waals surface area (Å²) in [5.41, 5.74) is 2.88. The molecule has 0 aliphatic carbocycles. The summed E-state index contributed by atoms with van der Waals surface area (Å²) >= 11 is 0. The third kappa shape index (κ3) is 4.53. The van der Waals surface area contributed by atoms with E-state index in [2.05, 4.69) is 20.6 Å². The third-order valence-electron chi connectivity index (χ3n) is 3.90. The maximum atomic E-state index is 5.57. The van der Waals surface area contributed by atoms with Crippen LogP contribution in [-0.2, 0) is 13.1 Å². The van der Waals surface area contributed by atoms with Gasteiger partial charge in [0, 0.05) is 17.7 Å². The number of nitrogens with zero attached hydrogens (tertiary/aromatic N) is 2. The second-order valence-electron chi connectivity index (χ2n) is 6.00. The topological polar surface area (TPSA) is 75.6 Å². The highest BCUT2D eigenvalue weighted by Gasteiger charge is 2.08. The van der Waals surface area contributed by atoms with E-state index in [0.29, 0.717) is 19.0 Å². The van der Waals surface area contributed by atoms with E-state index in [0.717, 1.165) is 40.8 Å². The van der Waals surface area contributed by atoms with Crippen LogP contribution in [0.15, 0.2) is 56.5 Å². The Kier molecular flexibility index (Phi) is 5.73. The molecule has 0 fully saturated rings. The Balaban J connectivity index is 1.63. The molecule has 3 rings (SSSR count). The zero-order chi connectivity index (χ0) is 18.4. The number of aliphatic imine (C=N–C) groups is 1. The minimum Gasteiger partial charge on any atom is -0.466 e. The first-order valence-corrected chi connectivity index (χ1v) is 8.73. The molecule has 2 N–H and O–H groups in total. The van der Waals surface area contributed by atoms with Gasteiger partial charge in [0.15, 0.2) is 5.96 Å². The minimum absolute atomic E-state index is 0.533. The van der Waals surface area contributed by atoms with Crippen LogP contribution in [0.2, 0.25) is 0 Å². The number of rotatable bonds is 6. The van der Waals surface area contributed by atoms with Crippen LogP contribution in [0.25, 0.3) is 11.5 Å². The first-order chi connectivity index (χ1) is 12.7. The summed E-state index contributed by atoms with van der Waals surface area (Å²) in [5, 5.41) is 6.52. The number of guanidine groups is 1. The van der Waals surface area contributed by atoms with Gasteiger partial charge in [0.1, 0.15) is 17.8 Å². The molecule has 3 aromatic rings. The highest BCUT2D eigenvalue weighted by molar-refractivity contribution is 5.79. The van der Waals surface area contributed by atoms with Gasteiger partial charge in [-0.25, -0.2) is 9.98 Å². The highest BCUT2D eigenvalue weighted by atomic mass is 16.3. The molecule has 2 heterocycles. The average molecular weight is 352 g/mol. The van der Waals surface area contributed by atoms with E-state index in [4.69, 9.17) is 8.83 Å². The molecule has 6 heteroatoms. The Labute approximate surface area is 153 Å². The van der Waals surface area contributed by atoms with Crippen molar-refractivity contribution >= 4 is 5.96 Å². The van der Waals surface area contributed by atoms with Crippen LogP contribution in [0, 0.1) is 13.8 Å². The molecular formula is C20H24N4O2. The van der Waals surface area contributed by atoms with Crippen LogP contribution >= 0.6 is 0 Å². The van der Waals surface area contributed by atoms with Crippen molar-refractivity contribution in [3.8, 4) is 11.5 Å². The van der Waals surface area contributed by atoms with Gasteiger partial charge in [0.05, 0.1) is 18.8 Å². The standard InChI is InChI=1S/C20H24N4O2/c1-4-21-20(22-11-17-10-14(2)26-15(17)3)23-12-18-13-25-19(24-18)16-8-6-5-7-9-16/h5-10,13H,4,11-12H2,1-3H3,(H2,21,22,23). The molecular weight excluding hydrogens is 328 g/mol. The number of oxazole rings is 1. The van der Waals surface area contributed by atoms with Crippen LogP contribution in [0.1, 0.15) is 29.7 Å². The summed E-state index contributed by atoms with van der Waals surface area (Å²) in [6, 6.07) is 11.9. The fourth-order valence-electron chi connectivity index (χ4n) is 2.62. The molecule has 0 saturated carbocycles. The van der Waals surface area contributed by atoms with Crippen LogP contribution in [-0.4, -0.2) is 17.5 Å². The van der Waals surface area contributed by atoms with Gasteiger partial charge in [0.25, 0.3) is 0 Å². The number of aromatic nitrogens is 1. The Morgan fingerprint density at radius 1 is 1.15 bits per heavy atom. The monoisotopic (exact) mass is 352 g/mol. The number of hydrogen-bond donors (Lipinski definition) is 2. The molecule has 6 nitrogen and oxygen atoms in total. The zero-order valence-electron chi connectivity index (χ0n) is 15.4. The highest BCUT2D eigenvalue weighted by Crippen LogP contribution is 2.18. The van der Waals surface area contributed by atoms with Gasteiger partial charge in [-0.2, -0.15) is 0 Å². The van der Waals surface area contributed by atoms with Crippen molar-refractivity contribution in [3.05, 3.63) is 65.4 Å². The molecule has 0 bridgehead atoms. The van der Waals surface area contributed by atoms with E-state index in [-0.39, 0.29) is 0 Å². The summed E-state index contributed by atoms with van der Waals surface area (Å²) in [7, 11) is 0. The fourth-order valence-corrected chi connectivity index (χ4v) is 2.62. The number of benzene rings is 1. The van der Waals surface area contributed by atoms with Crippen LogP contribution in [0.3, 0.4) is 0 Å². The second kappa shape index (κ2) is 8.38. The van der Waals surface area contributed by atoms with Gasteiger partial charge in [-0.15, -0.1) is 0 Å². The third-order valence-corrected chi connectivity index (χ3v) is 3.90. The van der Waals surface area contributed by atoms with Gasteiger partial charge >= 0.3 is 0 Å². The maximum Gasteiger partial charge on any atom is 0.226 e. The molecule has 0 aliphatic rings. The van der Waals surface area contributed by atoms with Gasteiger partial charge in [-0.05, 0) is 39.0 Å². The molecule has 2 aromatic heterocycles. The predicted octanol–water partition coefficient (Wildman–Crippen LogP) is 3.81. The van der Waals surface area contributed by atoms with E-state index in [1.165, 1.54) is 0 Å². The Bertz CT molecular complexity index is 865. The van der Waals surface area contributed by atoms with Gasteiger partial charge in [-0.1, -0.05) is 18.2 Å². The molecule has 26 heavy (non-hydrogen) atoms. The SMILES string of the molecule is CCNC(=NCc1cc(C)oc1C)NCc1coc(-c2ccccc2)n1. The first kappa shape index (κ1) is 17.8. The van der Waals surface area contributed by atoms with Gasteiger partial charge < -0.3 is 19.5 Å². The predicted molar refractivity (Wildman–Crippen MR) is 102 cm³/mol. The zero-order valence-corrected chi connectivity index (χ0v) is 15.4. The fraction of sp³-hybridized carbons (Fsp3) is 0.300. The van der Waals surface area contributed by atoms with E-state index in [1.54, 1.807) is 6.26 Å². The van der Waals surface area contributed by atoms with E-state index >= 15 is 0 Å². The van der Waals surface area contributed by atoms with E-state index < -0.39 is 0 Å². The Hall–Kier alpha value is -3.02. The van der Waals surface area contributed by atoms with Crippen molar-refractivity contribution in [3.63, 3.8) is 0 Å². The molecule has 0 unspecified atom stereocenters. The average Bonchev–Trinajstić information content (AvgIpc) is 3.24. The molecule has 0 saturated heterocycles. The molecule has 0 amide bonds. The van der Waals surface area contributed by atoms with Crippen LogP contribution < -0.4 is 10.6 Å². The van der Waals surface area contributed by atoms with Crippen LogP contribution in [0.5, 0.6) is 0 Å². The largest absolute Gasteiger partial charge is 0.466 e. The second-order valence-corrected chi connectivity index (χ2v) is 6.00. The van der Waals surface area contributed by atoms with Crippen molar-refractivity contribution < 1.29 is 8.83 Å². The minimum atomic E-state index is 0.533. The first-order valence-electron chi connectivity index (χ1n) is 8.73. The summed E-state index contributed by atoms with van der Waals surface area (Å²) < 4.78 is 11.1. The normalized spacial score (nSPS) is 11.6. The van der Waals surface area contributed by atoms with Crippen LogP contribution in [0.4, 0.5) is 0 Å². The number of nitrogens with one attached hydrogen (secondary N) is 2. The summed E-state index contributed by atoms with van der Waals surface area (Å²) in [6.07, 6.45) is 1.67. The van der Waals surface area contributed by atoms with Gasteiger partial charge in [0.2, 0.25) is 5.89 Å². The Morgan fingerprint density at radius 3 is 2.65 bits per heavy atom. The summed E-state index contributed by atoms with van der Waals surface area (Å²) in [4.78, 5) is 9.14. The lowest BCUT2D eigenvalue weighted by Gasteiger charge is -2.09.